The van der Waals surface area contributed by atoms with Crippen molar-refractivity contribution in [2.75, 3.05) is 32.1 Å². The standard InChI is InChI=1S/C22H28N4O2/c1-28-18-8-6-17(7-9-18)22(10-2-3-11-22)16-24-20-15-23-14-19(25-20)21(27)26-12-4-5-13-26/h6-9,14-15H,2-5,10-13,16H2,1H3,(H,24,25). The highest BCUT2D eigenvalue weighted by molar-refractivity contribution is 5.92. The van der Waals surface area contributed by atoms with Crippen LogP contribution in [0.25, 0.3) is 0 Å². The molecule has 2 heterocycles. The highest BCUT2D eigenvalue weighted by Gasteiger charge is 2.35. The van der Waals surface area contributed by atoms with Crippen LogP contribution in [0.2, 0.25) is 0 Å². The summed E-state index contributed by atoms with van der Waals surface area (Å²) in [5.41, 5.74) is 1.84. The van der Waals surface area contributed by atoms with Crippen molar-refractivity contribution < 1.29 is 9.53 Å². The molecule has 0 unspecified atom stereocenters. The molecular formula is C22H28N4O2. The first kappa shape index (κ1) is 18.7. The van der Waals surface area contributed by atoms with Crippen molar-refractivity contribution in [3.05, 3.63) is 47.9 Å². The molecule has 2 fully saturated rings. The Morgan fingerprint density at radius 2 is 1.82 bits per heavy atom. The van der Waals surface area contributed by atoms with Crippen molar-refractivity contribution in [3.63, 3.8) is 0 Å². The van der Waals surface area contributed by atoms with Gasteiger partial charge in [0.05, 0.1) is 19.5 Å². The zero-order chi connectivity index (χ0) is 19.4. The number of ether oxygens (including phenoxy) is 1. The van der Waals surface area contributed by atoms with Crippen LogP contribution in [0.4, 0.5) is 5.82 Å². The normalized spacial score (nSPS) is 18.2. The number of methoxy groups -OCH3 is 1. The van der Waals surface area contributed by atoms with E-state index in [0.29, 0.717) is 11.5 Å². The molecule has 1 aromatic heterocycles. The first-order valence-corrected chi connectivity index (χ1v) is 10.2. The molecule has 2 aromatic rings. The van der Waals surface area contributed by atoms with E-state index in [1.807, 2.05) is 17.0 Å². The molecule has 28 heavy (non-hydrogen) atoms. The number of benzene rings is 1. The van der Waals surface area contributed by atoms with Crippen molar-refractivity contribution in [2.45, 2.75) is 43.9 Å². The van der Waals surface area contributed by atoms with Gasteiger partial charge in [0.25, 0.3) is 5.91 Å². The van der Waals surface area contributed by atoms with Crippen LogP contribution in [0, 0.1) is 0 Å². The van der Waals surface area contributed by atoms with E-state index >= 15 is 0 Å². The molecule has 6 heteroatoms. The van der Waals surface area contributed by atoms with E-state index in [1.165, 1.54) is 18.4 Å². The van der Waals surface area contributed by atoms with Gasteiger partial charge in [-0.3, -0.25) is 9.78 Å². The summed E-state index contributed by atoms with van der Waals surface area (Å²) >= 11 is 0. The molecule has 1 saturated carbocycles. The summed E-state index contributed by atoms with van der Waals surface area (Å²) in [4.78, 5) is 23.3. The number of amides is 1. The van der Waals surface area contributed by atoms with Gasteiger partial charge in [-0.25, -0.2) is 4.98 Å². The Morgan fingerprint density at radius 3 is 2.50 bits per heavy atom. The van der Waals surface area contributed by atoms with E-state index in [4.69, 9.17) is 4.74 Å². The molecule has 0 spiro atoms. The lowest BCUT2D eigenvalue weighted by Crippen LogP contribution is -2.32. The Morgan fingerprint density at radius 1 is 1.11 bits per heavy atom. The van der Waals surface area contributed by atoms with Crippen molar-refractivity contribution in [1.82, 2.24) is 14.9 Å². The quantitative estimate of drug-likeness (QED) is 0.829. The number of nitrogens with zero attached hydrogens (tertiary/aromatic N) is 3. The van der Waals surface area contributed by atoms with Gasteiger partial charge in [-0.2, -0.15) is 0 Å². The summed E-state index contributed by atoms with van der Waals surface area (Å²) in [6.07, 6.45) is 10.2. The molecule has 4 rings (SSSR count). The number of carbonyl (C=O) groups is 1. The topological polar surface area (TPSA) is 67.3 Å². The predicted octanol–water partition coefficient (Wildman–Crippen LogP) is 3.65. The maximum Gasteiger partial charge on any atom is 0.274 e. The first-order valence-electron chi connectivity index (χ1n) is 10.2. The molecule has 1 aromatic carbocycles. The van der Waals surface area contributed by atoms with Crippen molar-refractivity contribution in [2.24, 2.45) is 0 Å². The monoisotopic (exact) mass is 380 g/mol. The number of carbonyl (C=O) groups excluding carboxylic acids is 1. The van der Waals surface area contributed by atoms with Gasteiger partial charge in [0.1, 0.15) is 17.3 Å². The zero-order valence-electron chi connectivity index (χ0n) is 16.5. The van der Waals surface area contributed by atoms with Crippen molar-refractivity contribution in [1.29, 1.82) is 0 Å². The summed E-state index contributed by atoms with van der Waals surface area (Å²) in [5.74, 6) is 1.54. The molecule has 1 aliphatic carbocycles. The van der Waals surface area contributed by atoms with Gasteiger partial charge < -0.3 is 15.0 Å². The molecule has 1 amide bonds. The third-order valence-electron chi connectivity index (χ3n) is 6.12. The van der Waals surface area contributed by atoms with Crippen LogP contribution >= 0.6 is 0 Å². The molecular weight excluding hydrogens is 352 g/mol. The molecule has 6 nitrogen and oxygen atoms in total. The summed E-state index contributed by atoms with van der Waals surface area (Å²) < 4.78 is 5.30. The minimum absolute atomic E-state index is 0.0145. The summed E-state index contributed by atoms with van der Waals surface area (Å²) in [6.45, 7) is 2.42. The number of hydrogen-bond acceptors (Lipinski definition) is 5. The van der Waals surface area contributed by atoms with Crippen LogP contribution in [0.3, 0.4) is 0 Å². The number of aromatic nitrogens is 2. The zero-order valence-corrected chi connectivity index (χ0v) is 16.5. The van der Waals surface area contributed by atoms with E-state index in [1.54, 1.807) is 19.5 Å². The van der Waals surface area contributed by atoms with E-state index in [0.717, 1.165) is 51.1 Å². The average molecular weight is 380 g/mol. The maximum atomic E-state index is 12.6. The van der Waals surface area contributed by atoms with E-state index in [-0.39, 0.29) is 11.3 Å². The molecule has 148 valence electrons. The molecule has 2 aliphatic rings. The lowest BCUT2D eigenvalue weighted by molar-refractivity contribution is 0.0786. The Balaban J connectivity index is 1.48. The van der Waals surface area contributed by atoms with Crippen LogP contribution in [0.15, 0.2) is 36.7 Å². The lowest BCUT2D eigenvalue weighted by atomic mass is 9.79. The number of nitrogens with one attached hydrogen (secondary N) is 1. The van der Waals surface area contributed by atoms with Gasteiger partial charge in [-0.15, -0.1) is 0 Å². The van der Waals surface area contributed by atoms with Crippen LogP contribution in [-0.4, -0.2) is 47.5 Å². The molecule has 0 atom stereocenters. The smallest absolute Gasteiger partial charge is 0.274 e. The minimum Gasteiger partial charge on any atom is -0.497 e. The van der Waals surface area contributed by atoms with Crippen molar-refractivity contribution in [3.8, 4) is 5.75 Å². The van der Waals surface area contributed by atoms with E-state index in [9.17, 15) is 4.79 Å². The Hall–Kier alpha value is -2.63. The second kappa shape index (κ2) is 8.17. The number of rotatable bonds is 6. The van der Waals surface area contributed by atoms with Gasteiger partial charge in [-0.05, 0) is 43.4 Å². The molecule has 0 radical (unpaired) electrons. The fourth-order valence-corrected chi connectivity index (χ4v) is 4.46. The fourth-order valence-electron chi connectivity index (χ4n) is 4.46. The number of hydrogen-bond donors (Lipinski definition) is 1. The van der Waals surface area contributed by atoms with E-state index in [2.05, 4.69) is 27.4 Å². The third-order valence-corrected chi connectivity index (χ3v) is 6.12. The van der Waals surface area contributed by atoms with Gasteiger partial charge in [0.15, 0.2) is 0 Å². The van der Waals surface area contributed by atoms with Gasteiger partial charge in [0.2, 0.25) is 0 Å². The van der Waals surface area contributed by atoms with Gasteiger partial charge in [0, 0.05) is 25.0 Å². The Labute approximate surface area is 166 Å². The van der Waals surface area contributed by atoms with Crippen LogP contribution in [0.5, 0.6) is 5.75 Å². The molecule has 1 aliphatic heterocycles. The molecule has 1 N–H and O–H groups in total. The Bertz CT molecular complexity index is 810. The summed E-state index contributed by atoms with van der Waals surface area (Å²) in [5, 5.41) is 3.46. The predicted molar refractivity (Wildman–Crippen MR) is 109 cm³/mol. The van der Waals surface area contributed by atoms with Crippen LogP contribution in [-0.2, 0) is 5.41 Å². The highest BCUT2D eigenvalue weighted by Crippen LogP contribution is 2.41. The molecule has 0 bridgehead atoms. The van der Waals surface area contributed by atoms with Crippen LogP contribution < -0.4 is 10.1 Å². The third kappa shape index (κ3) is 3.81. The number of anilines is 1. The van der Waals surface area contributed by atoms with Crippen LogP contribution in [0.1, 0.15) is 54.6 Å². The first-order chi connectivity index (χ1) is 13.7. The fraction of sp³-hybridized carbons (Fsp3) is 0.500. The van der Waals surface area contributed by atoms with E-state index < -0.39 is 0 Å². The maximum absolute atomic E-state index is 12.6. The second-order valence-electron chi connectivity index (χ2n) is 7.86. The second-order valence-corrected chi connectivity index (χ2v) is 7.86. The van der Waals surface area contributed by atoms with Crippen molar-refractivity contribution >= 4 is 11.7 Å². The summed E-state index contributed by atoms with van der Waals surface area (Å²) in [6, 6.07) is 8.41. The largest absolute Gasteiger partial charge is 0.497 e. The molecule has 1 saturated heterocycles. The average Bonchev–Trinajstić information content (AvgIpc) is 3.45. The van der Waals surface area contributed by atoms with Gasteiger partial charge in [-0.1, -0.05) is 25.0 Å². The lowest BCUT2D eigenvalue weighted by Gasteiger charge is -2.30. The highest BCUT2D eigenvalue weighted by atomic mass is 16.5. The number of likely N-dealkylation sites (tertiary alicyclic amines) is 1. The SMILES string of the molecule is COc1ccc(C2(CNc3cncc(C(=O)N4CCCC4)n3)CCCC2)cc1. The summed E-state index contributed by atoms with van der Waals surface area (Å²) in [7, 11) is 1.69. The Kier molecular flexibility index (Phi) is 5.46. The minimum atomic E-state index is -0.0145. The van der Waals surface area contributed by atoms with Gasteiger partial charge >= 0.3 is 0 Å².